The molecule has 0 saturated carbocycles. The number of allylic oxidation sites excluding steroid dienone is 5. The van der Waals surface area contributed by atoms with Gasteiger partial charge in [0.2, 0.25) is 5.91 Å². The van der Waals surface area contributed by atoms with E-state index in [1.807, 2.05) is 6.08 Å². The van der Waals surface area contributed by atoms with Crippen molar-refractivity contribution in [3.63, 3.8) is 0 Å². The van der Waals surface area contributed by atoms with Crippen LogP contribution in [0.25, 0.3) is 0 Å². The van der Waals surface area contributed by atoms with Crippen molar-refractivity contribution in [3.05, 3.63) is 36.5 Å². The van der Waals surface area contributed by atoms with E-state index in [-0.39, 0.29) is 12.5 Å². The van der Waals surface area contributed by atoms with E-state index in [1.54, 1.807) is 6.08 Å². The third kappa shape index (κ3) is 43.1. The molecule has 1 fully saturated rings. The molecule has 1 aliphatic rings. The van der Waals surface area contributed by atoms with Crippen LogP contribution in [-0.4, -0.2) is 87.5 Å². The summed E-state index contributed by atoms with van der Waals surface area (Å²) in [7, 11) is 0. The van der Waals surface area contributed by atoms with Crippen LogP contribution in [0.2, 0.25) is 0 Å². The fourth-order valence-corrected chi connectivity index (χ4v) is 10.2. The molecule has 1 saturated heterocycles. The first kappa shape index (κ1) is 69.4. The van der Waals surface area contributed by atoms with E-state index in [4.69, 9.17) is 9.47 Å². The maximum atomic E-state index is 13.1. The van der Waals surface area contributed by atoms with Gasteiger partial charge in [-0.25, -0.2) is 0 Å². The van der Waals surface area contributed by atoms with Gasteiger partial charge in [-0.1, -0.05) is 281 Å². The number of aliphatic hydroxyl groups is 5. The first-order chi connectivity index (χ1) is 35.8. The average molecular weight is 1030 g/mol. The van der Waals surface area contributed by atoms with Gasteiger partial charge in [-0.15, -0.1) is 0 Å². The zero-order valence-corrected chi connectivity index (χ0v) is 47.9. The van der Waals surface area contributed by atoms with Crippen LogP contribution in [0.1, 0.15) is 309 Å². The van der Waals surface area contributed by atoms with Gasteiger partial charge >= 0.3 is 0 Å². The van der Waals surface area contributed by atoms with Crippen LogP contribution in [0.5, 0.6) is 0 Å². The van der Waals surface area contributed by atoms with Crippen molar-refractivity contribution in [3.8, 4) is 0 Å². The second-order valence-corrected chi connectivity index (χ2v) is 22.2. The maximum absolute atomic E-state index is 13.1. The fraction of sp³-hybridized carbons (Fsp3) is 0.891. The first-order valence-corrected chi connectivity index (χ1v) is 31.7. The minimum atomic E-state index is -1.57. The number of amides is 1. The van der Waals surface area contributed by atoms with Crippen LogP contribution in [0, 0.1) is 0 Å². The number of nitrogens with one attached hydrogen (secondary N) is 1. The lowest BCUT2D eigenvalue weighted by atomic mass is 9.99. The van der Waals surface area contributed by atoms with E-state index in [1.165, 1.54) is 250 Å². The highest BCUT2D eigenvalue weighted by atomic mass is 16.7. The Morgan fingerprint density at radius 2 is 0.781 bits per heavy atom. The molecule has 0 aromatic rings. The van der Waals surface area contributed by atoms with Crippen molar-refractivity contribution < 1.29 is 39.8 Å². The zero-order valence-electron chi connectivity index (χ0n) is 47.9. The molecule has 1 heterocycles. The number of carbonyl (C=O) groups is 1. The first-order valence-electron chi connectivity index (χ1n) is 31.7. The molecule has 0 radical (unpaired) electrons. The van der Waals surface area contributed by atoms with Crippen LogP contribution in [0.3, 0.4) is 0 Å². The molecule has 7 unspecified atom stereocenters. The molecule has 430 valence electrons. The molecule has 0 aromatic heterocycles. The summed E-state index contributed by atoms with van der Waals surface area (Å²) >= 11 is 0. The van der Waals surface area contributed by atoms with Gasteiger partial charge in [0.05, 0.1) is 25.4 Å². The van der Waals surface area contributed by atoms with Crippen LogP contribution >= 0.6 is 0 Å². The fourth-order valence-electron chi connectivity index (χ4n) is 10.2. The lowest BCUT2D eigenvalue weighted by molar-refractivity contribution is -0.302. The normalized spacial score (nSPS) is 19.2. The van der Waals surface area contributed by atoms with Gasteiger partial charge in [0.25, 0.3) is 0 Å². The summed E-state index contributed by atoms with van der Waals surface area (Å²) in [5.74, 6) is -0.182. The van der Waals surface area contributed by atoms with Crippen LogP contribution in [-0.2, 0) is 14.3 Å². The SMILES string of the molecule is CCCCCCCCCC/C=C\CCCCCCCCCCCCCCCC(=O)NC(COC1OC(CO)C(O)C(O)C1O)C(O)/C=C/CC/C=C/CCCCCCCCCCCCCCCCCCCCC. The van der Waals surface area contributed by atoms with Crippen molar-refractivity contribution in [2.24, 2.45) is 0 Å². The molecule has 6 N–H and O–H groups in total. The minimum absolute atomic E-state index is 0.182. The third-order valence-corrected chi connectivity index (χ3v) is 15.2. The molecule has 0 spiro atoms. The molecule has 1 amide bonds. The average Bonchev–Trinajstić information content (AvgIpc) is 3.39. The maximum Gasteiger partial charge on any atom is 0.220 e. The Hall–Kier alpha value is -1.59. The molecule has 1 rings (SSSR count). The monoisotopic (exact) mass is 1030 g/mol. The predicted octanol–water partition coefficient (Wildman–Crippen LogP) is 16.3. The Labute approximate surface area is 451 Å². The summed E-state index contributed by atoms with van der Waals surface area (Å²) in [4.78, 5) is 13.1. The van der Waals surface area contributed by atoms with E-state index < -0.39 is 49.5 Å². The molecular weight excluding hydrogens is 911 g/mol. The molecule has 73 heavy (non-hydrogen) atoms. The Kier molecular flexibility index (Phi) is 51.2. The summed E-state index contributed by atoms with van der Waals surface area (Å²) in [6.45, 7) is 3.80. The topological polar surface area (TPSA) is 149 Å². The molecule has 0 aromatic carbocycles. The predicted molar refractivity (Wildman–Crippen MR) is 309 cm³/mol. The lowest BCUT2D eigenvalue weighted by Crippen LogP contribution is -2.60. The smallest absolute Gasteiger partial charge is 0.220 e. The van der Waals surface area contributed by atoms with Crippen molar-refractivity contribution in [1.82, 2.24) is 5.32 Å². The summed E-state index contributed by atoms with van der Waals surface area (Å²) in [6.07, 6.45) is 63.7. The molecule has 1 aliphatic heterocycles. The van der Waals surface area contributed by atoms with E-state index in [2.05, 4.69) is 43.5 Å². The second kappa shape index (κ2) is 53.8. The Balaban J connectivity index is 2.20. The number of aliphatic hydroxyl groups excluding tert-OH is 5. The van der Waals surface area contributed by atoms with E-state index in [0.29, 0.717) is 6.42 Å². The number of rotatable bonds is 55. The summed E-state index contributed by atoms with van der Waals surface area (Å²) in [6, 6.07) is -0.822. The van der Waals surface area contributed by atoms with E-state index in [9.17, 15) is 30.3 Å². The molecular formula is C64H121NO8. The number of unbranched alkanes of at least 4 members (excludes halogenated alkanes) is 41. The highest BCUT2D eigenvalue weighted by Gasteiger charge is 2.44. The lowest BCUT2D eigenvalue weighted by Gasteiger charge is -2.40. The largest absolute Gasteiger partial charge is 0.394 e. The Morgan fingerprint density at radius 3 is 1.15 bits per heavy atom. The van der Waals surface area contributed by atoms with Gasteiger partial charge in [0.1, 0.15) is 24.4 Å². The summed E-state index contributed by atoms with van der Waals surface area (Å²) < 4.78 is 11.3. The standard InChI is InChI=1S/C64H121NO8/c1-3-5-7-9-11-13-15-17-19-21-23-25-27-29-31-33-35-37-39-41-43-45-47-49-51-53-58(67)57(56-72-64-63(71)62(70)61(69)59(55-66)73-64)65-60(68)54-52-50-48-46-44-42-40-38-36-34-32-30-28-26-24-22-20-18-16-14-12-10-8-6-4-2/h22,24,43,45,51,53,57-59,61-64,66-67,69-71H,3-21,23,25-42,44,46-50,52,54-56H2,1-2H3,(H,65,68)/b24-22-,45-43+,53-51+. The number of carbonyl (C=O) groups excluding carboxylic acids is 1. The van der Waals surface area contributed by atoms with Crippen LogP contribution in [0.15, 0.2) is 36.5 Å². The third-order valence-electron chi connectivity index (χ3n) is 15.2. The molecule has 0 aliphatic carbocycles. The molecule has 9 heteroatoms. The van der Waals surface area contributed by atoms with Gasteiger partial charge < -0.3 is 40.3 Å². The van der Waals surface area contributed by atoms with Crippen LogP contribution < -0.4 is 5.32 Å². The Bertz CT molecular complexity index is 1240. The number of hydrogen-bond donors (Lipinski definition) is 6. The summed E-state index contributed by atoms with van der Waals surface area (Å²) in [5, 5.41) is 54.6. The molecule has 9 nitrogen and oxygen atoms in total. The van der Waals surface area contributed by atoms with Gasteiger partial charge in [-0.2, -0.15) is 0 Å². The Morgan fingerprint density at radius 1 is 0.452 bits per heavy atom. The van der Waals surface area contributed by atoms with Crippen LogP contribution in [0.4, 0.5) is 0 Å². The quantitative estimate of drug-likeness (QED) is 0.0261. The van der Waals surface area contributed by atoms with E-state index >= 15 is 0 Å². The highest BCUT2D eigenvalue weighted by molar-refractivity contribution is 5.76. The van der Waals surface area contributed by atoms with Gasteiger partial charge in [-0.3, -0.25) is 4.79 Å². The van der Waals surface area contributed by atoms with Gasteiger partial charge in [0, 0.05) is 6.42 Å². The van der Waals surface area contributed by atoms with E-state index in [0.717, 1.165) is 38.5 Å². The van der Waals surface area contributed by atoms with Gasteiger partial charge in [0.15, 0.2) is 6.29 Å². The molecule has 7 atom stereocenters. The van der Waals surface area contributed by atoms with Crippen molar-refractivity contribution in [2.75, 3.05) is 13.2 Å². The number of ether oxygens (including phenoxy) is 2. The van der Waals surface area contributed by atoms with Crippen molar-refractivity contribution >= 4 is 5.91 Å². The highest BCUT2D eigenvalue weighted by Crippen LogP contribution is 2.23. The second-order valence-electron chi connectivity index (χ2n) is 22.2. The van der Waals surface area contributed by atoms with Crippen molar-refractivity contribution in [1.29, 1.82) is 0 Å². The number of hydrogen-bond acceptors (Lipinski definition) is 8. The van der Waals surface area contributed by atoms with Gasteiger partial charge in [-0.05, 0) is 57.8 Å². The summed E-state index contributed by atoms with van der Waals surface area (Å²) in [5.41, 5.74) is 0. The van der Waals surface area contributed by atoms with Crippen molar-refractivity contribution in [2.45, 2.75) is 352 Å². The minimum Gasteiger partial charge on any atom is -0.394 e. The zero-order chi connectivity index (χ0) is 52.9. The molecule has 0 bridgehead atoms.